The zero-order valence-electron chi connectivity index (χ0n) is 10.6. The summed E-state index contributed by atoms with van der Waals surface area (Å²) in [4.78, 5) is 0. The summed E-state index contributed by atoms with van der Waals surface area (Å²) in [6.45, 7) is 0. The maximum Gasteiger partial charge on any atom is 0.272 e. The normalized spacial score (nSPS) is 10.6. The van der Waals surface area contributed by atoms with Crippen LogP contribution in [0.4, 0.5) is 0 Å². The third-order valence-corrected chi connectivity index (χ3v) is 4.19. The molecule has 0 atom stereocenters. The highest BCUT2D eigenvalue weighted by molar-refractivity contribution is 7.16. The Kier molecular flexibility index (Phi) is 3.05. The molecule has 2 aromatic carbocycles. The molecule has 0 amide bonds. The van der Waals surface area contributed by atoms with Gasteiger partial charge in [-0.3, -0.25) is 0 Å². The molecule has 1 aromatic heterocycles. The van der Waals surface area contributed by atoms with E-state index in [1.165, 1.54) is 11.3 Å². The Hall–Kier alpha value is -2.13. The van der Waals surface area contributed by atoms with E-state index in [1.807, 2.05) is 60.1 Å². The van der Waals surface area contributed by atoms with Gasteiger partial charge in [0.2, 0.25) is 0 Å². The van der Waals surface area contributed by atoms with Gasteiger partial charge in [-0.15, -0.1) is 0 Å². The zero-order chi connectivity index (χ0) is 13.2. The van der Waals surface area contributed by atoms with Crippen LogP contribution in [-0.2, 0) is 7.05 Å². The smallest absolute Gasteiger partial charge is 0.272 e. The van der Waals surface area contributed by atoms with Gasteiger partial charge < -0.3 is 5.11 Å². The van der Waals surface area contributed by atoms with Crippen LogP contribution in [0.5, 0.6) is 5.06 Å². The average molecular weight is 268 g/mol. The van der Waals surface area contributed by atoms with E-state index in [0.29, 0.717) is 5.06 Å². The number of thiazole rings is 1. The van der Waals surface area contributed by atoms with E-state index in [4.69, 9.17) is 0 Å². The number of hydrogen-bond acceptors (Lipinski definition) is 2. The van der Waals surface area contributed by atoms with Crippen molar-refractivity contribution < 1.29 is 9.67 Å². The molecule has 3 heteroatoms. The monoisotopic (exact) mass is 268 g/mol. The number of hydrogen-bond donors (Lipinski definition) is 1. The van der Waals surface area contributed by atoms with Crippen molar-refractivity contribution in [2.45, 2.75) is 0 Å². The van der Waals surface area contributed by atoms with Crippen LogP contribution in [-0.4, -0.2) is 5.11 Å². The molecule has 0 saturated heterocycles. The fraction of sp³-hybridized carbons (Fsp3) is 0.0625. The van der Waals surface area contributed by atoms with Crippen molar-refractivity contribution in [3.8, 4) is 26.9 Å². The molecule has 0 fully saturated rings. The van der Waals surface area contributed by atoms with Gasteiger partial charge >= 0.3 is 0 Å². The highest BCUT2D eigenvalue weighted by atomic mass is 32.1. The molecule has 1 N–H and O–H groups in total. The Balaban J connectivity index is 2.17. The van der Waals surface area contributed by atoms with Crippen LogP contribution in [0, 0.1) is 0 Å². The van der Waals surface area contributed by atoms with Gasteiger partial charge in [0, 0.05) is 0 Å². The van der Waals surface area contributed by atoms with Gasteiger partial charge in [-0.2, -0.15) is 4.57 Å². The molecule has 2 nitrogen and oxygen atoms in total. The zero-order valence-corrected chi connectivity index (χ0v) is 11.4. The van der Waals surface area contributed by atoms with Gasteiger partial charge in [0.1, 0.15) is 7.05 Å². The number of aromatic nitrogens is 1. The third kappa shape index (κ3) is 2.13. The summed E-state index contributed by atoms with van der Waals surface area (Å²) in [7, 11) is 1.99. The first-order valence-electron chi connectivity index (χ1n) is 6.10. The van der Waals surface area contributed by atoms with E-state index < -0.39 is 0 Å². The number of benzene rings is 2. The summed E-state index contributed by atoms with van der Waals surface area (Å²) in [5, 5.41) is 11.6. The van der Waals surface area contributed by atoms with Gasteiger partial charge in [0.25, 0.3) is 15.8 Å². The first kappa shape index (κ1) is 11.9. The van der Waals surface area contributed by atoms with E-state index in [0.717, 1.165) is 21.8 Å². The molecule has 1 heterocycles. The van der Waals surface area contributed by atoms with E-state index in [-0.39, 0.29) is 0 Å². The van der Waals surface area contributed by atoms with Gasteiger partial charge in [0.05, 0.1) is 11.1 Å². The first-order chi connectivity index (χ1) is 9.27. The van der Waals surface area contributed by atoms with Crippen molar-refractivity contribution in [3.05, 3.63) is 60.7 Å². The lowest BCUT2D eigenvalue weighted by atomic mass is 10.1. The van der Waals surface area contributed by atoms with Crippen LogP contribution in [0.2, 0.25) is 0 Å². The van der Waals surface area contributed by atoms with Crippen LogP contribution in [0.3, 0.4) is 0 Å². The molecule has 3 rings (SSSR count). The molecule has 0 aliphatic carbocycles. The minimum Gasteiger partial charge on any atom is -0.495 e. The van der Waals surface area contributed by atoms with Crippen molar-refractivity contribution in [2.24, 2.45) is 7.05 Å². The minimum absolute atomic E-state index is 0.354. The average Bonchev–Trinajstić information content (AvgIpc) is 2.76. The van der Waals surface area contributed by atoms with Crippen LogP contribution in [0.1, 0.15) is 0 Å². The summed E-state index contributed by atoms with van der Waals surface area (Å²) in [6, 6.07) is 20.1. The van der Waals surface area contributed by atoms with E-state index in [1.54, 1.807) is 0 Å². The number of aromatic hydroxyl groups is 1. The fourth-order valence-electron chi connectivity index (χ4n) is 2.20. The number of nitrogens with zero attached hydrogens (tertiary/aromatic N) is 1. The van der Waals surface area contributed by atoms with Gasteiger partial charge in [0.15, 0.2) is 0 Å². The van der Waals surface area contributed by atoms with Gasteiger partial charge in [-0.1, -0.05) is 36.4 Å². The van der Waals surface area contributed by atoms with Crippen molar-refractivity contribution in [2.75, 3.05) is 0 Å². The maximum atomic E-state index is 10.2. The topological polar surface area (TPSA) is 24.1 Å². The Bertz CT molecular complexity index is 690. The lowest BCUT2D eigenvalue weighted by Crippen LogP contribution is -2.30. The molecule has 19 heavy (non-hydrogen) atoms. The summed E-state index contributed by atoms with van der Waals surface area (Å²) in [5.74, 6) is 0. The summed E-state index contributed by atoms with van der Waals surface area (Å²) >= 11 is 1.41. The molecule has 0 saturated carbocycles. The Morgan fingerprint density at radius 2 is 1.37 bits per heavy atom. The van der Waals surface area contributed by atoms with Crippen molar-refractivity contribution >= 4 is 11.3 Å². The van der Waals surface area contributed by atoms with Crippen LogP contribution >= 0.6 is 11.3 Å². The molecule has 0 bridgehead atoms. The molecule has 0 unspecified atom stereocenters. The third-order valence-electron chi connectivity index (χ3n) is 3.10. The highest BCUT2D eigenvalue weighted by Gasteiger charge is 2.25. The second-order valence-electron chi connectivity index (χ2n) is 4.35. The van der Waals surface area contributed by atoms with Crippen molar-refractivity contribution in [1.29, 1.82) is 0 Å². The molecular formula is C16H14NOS+. The summed E-state index contributed by atoms with van der Waals surface area (Å²) < 4.78 is 2.05. The molecule has 3 aromatic rings. The second-order valence-corrected chi connectivity index (χ2v) is 5.33. The second kappa shape index (κ2) is 4.86. The van der Waals surface area contributed by atoms with Crippen molar-refractivity contribution in [1.82, 2.24) is 0 Å². The molecule has 0 radical (unpaired) electrons. The first-order valence-corrected chi connectivity index (χ1v) is 6.91. The lowest BCUT2D eigenvalue weighted by Gasteiger charge is -1.97. The molecular weight excluding hydrogens is 254 g/mol. The van der Waals surface area contributed by atoms with Crippen molar-refractivity contribution in [3.63, 3.8) is 0 Å². The standard InChI is InChI=1S/C16H13NOS/c1-17-14(12-8-4-2-5-9-12)16(18)19-15(17)13-10-6-3-7-11-13/h2-11H,1H3/p+1. The Labute approximate surface area is 116 Å². The SMILES string of the molecule is C[n+]1c(-c2ccccc2)sc(O)c1-c1ccccc1. The summed E-state index contributed by atoms with van der Waals surface area (Å²) in [5.41, 5.74) is 3.01. The maximum absolute atomic E-state index is 10.2. The van der Waals surface area contributed by atoms with E-state index in [9.17, 15) is 5.11 Å². The van der Waals surface area contributed by atoms with Crippen LogP contribution in [0.25, 0.3) is 21.8 Å². The molecule has 0 aliphatic rings. The largest absolute Gasteiger partial charge is 0.495 e. The van der Waals surface area contributed by atoms with Gasteiger partial charge in [-0.25, -0.2) is 0 Å². The van der Waals surface area contributed by atoms with Gasteiger partial charge in [-0.05, 0) is 35.6 Å². The fourth-order valence-corrected chi connectivity index (χ4v) is 3.22. The van der Waals surface area contributed by atoms with E-state index >= 15 is 0 Å². The highest BCUT2D eigenvalue weighted by Crippen LogP contribution is 2.36. The molecule has 0 aliphatic heterocycles. The predicted molar refractivity (Wildman–Crippen MR) is 78.0 cm³/mol. The number of rotatable bonds is 2. The lowest BCUT2D eigenvalue weighted by molar-refractivity contribution is -0.645. The summed E-state index contributed by atoms with van der Waals surface area (Å²) in [6.07, 6.45) is 0. The quantitative estimate of drug-likeness (QED) is 0.705. The van der Waals surface area contributed by atoms with Crippen LogP contribution < -0.4 is 4.57 Å². The molecule has 0 spiro atoms. The van der Waals surface area contributed by atoms with Crippen LogP contribution in [0.15, 0.2) is 60.7 Å². The molecule has 94 valence electrons. The minimum atomic E-state index is 0.354. The Morgan fingerprint density at radius 1 is 0.842 bits per heavy atom. The predicted octanol–water partition coefficient (Wildman–Crippen LogP) is 3.61. The van der Waals surface area contributed by atoms with E-state index in [2.05, 4.69) is 12.1 Å². The Morgan fingerprint density at radius 3 is 1.95 bits per heavy atom.